The molecule has 0 unspecified atom stereocenters. The third kappa shape index (κ3) is 3.09. The molecule has 0 saturated heterocycles. The van der Waals surface area contributed by atoms with E-state index in [1.54, 1.807) is 18.2 Å². The Labute approximate surface area is 87.8 Å². The second-order valence-corrected chi connectivity index (χ2v) is 2.76. The Kier molecular flexibility index (Phi) is 4.34. The van der Waals surface area contributed by atoms with Crippen molar-refractivity contribution in [2.75, 3.05) is 13.2 Å². The Hall–Kier alpha value is -1.84. The van der Waals surface area contributed by atoms with Gasteiger partial charge in [0.05, 0.1) is 0 Å². The summed E-state index contributed by atoms with van der Waals surface area (Å²) in [5.41, 5.74) is 0.610. The van der Waals surface area contributed by atoms with Gasteiger partial charge in [-0.3, -0.25) is 4.79 Å². The molecule has 0 atom stereocenters. The normalized spacial score (nSPS) is 12.1. The molecule has 15 heavy (non-hydrogen) atoms. The maximum Gasteiger partial charge on any atom is 0.162 e. The van der Waals surface area contributed by atoms with E-state index in [1.807, 2.05) is 0 Å². The van der Waals surface area contributed by atoms with Gasteiger partial charge in [-0.1, -0.05) is 0 Å². The quantitative estimate of drug-likeness (QED) is 0.656. The minimum Gasteiger partial charge on any atom is -0.486 e. The van der Waals surface area contributed by atoms with Crippen LogP contribution in [0.15, 0.2) is 18.2 Å². The van der Waals surface area contributed by atoms with Crippen molar-refractivity contribution in [1.29, 1.82) is 0 Å². The van der Waals surface area contributed by atoms with Gasteiger partial charge in [0.1, 0.15) is 25.8 Å². The largest absolute Gasteiger partial charge is 0.486 e. The van der Waals surface area contributed by atoms with E-state index in [2.05, 4.69) is 0 Å². The second-order valence-electron chi connectivity index (χ2n) is 2.76. The van der Waals surface area contributed by atoms with E-state index in [0.29, 0.717) is 30.3 Å². The van der Waals surface area contributed by atoms with Crippen molar-refractivity contribution < 1.29 is 19.1 Å². The first kappa shape index (κ1) is 11.2. The summed E-state index contributed by atoms with van der Waals surface area (Å²) in [6, 6.07) is 5.14. The van der Waals surface area contributed by atoms with E-state index in [1.165, 1.54) is 6.92 Å². The fourth-order valence-corrected chi connectivity index (χ4v) is 1.13. The highest BCUT2D eigenvalue weighted by molar-refractivity contribution is 5.76. The van der Waals surface area contributed by atoms with E-state index in [0.717, 1.165) is 12.6 Å². The average molecular weight is 208 g/mol. The molecule has 0 spiro atoms. The number of carbonyl (C=O) groups excluding carboxylic acids is 2. The number of fused-ring (bicyclic) bond motifs is 1. The van der Waals surface area contributed by atoms with Crippen LogP contribution < -0.4 is 9.47 Å². The van der Waals surface area contributed by atoms with Crippen LogP contribution in [0, 0.1) is 0 Å². The lowest BCUT2D eigenvalue weighted by Crippen LogP contribution is -2.15. The molecule has 2 rings (SSSR count). The Morgan fingerprint density at radius 2 is 1.73 bits per heavy atom. The Balaban J connectivity index is 0.000000337. The van der Waals surface area contributed by atoms with Gasteiger partial charge in [-0.2, -0.15) is 0 Å². The van der Waals surface area contributed by atoms with Gasteiger partial charge in [0.25, 0.3) is 0 Å². The molecule has 1 heterocycles. The predicted octanol–water partition coefficient (Wildman–Crippen LogP) is 1.48. The van der Waals surface area contributed by atoms with Gasteiger partial charge in [0, 0.05) is 5.56 Å². The molecule has 4 nitrogen and oxygen atoms in total. The van der Waals surface area contributed by atoms with Crippen molar-refractivity contribution in [3.05, 3.63) is 23.8 Å². The van der Waals surface area contributed by atoms with Crippen LogP contribution in [0.1, 0.15) is 17.3 Å². The molecular weight excluding hydrogens is 196 g/mol. The summed E-state index contributed by atoms with van der Waals surface area (Å²) in [7, 11) is 0. The second kappa shape index (κ2) is 5.80. The summed E-state index contributed by atoms with van der Waals surface area (Å²) in [6.45, 7) is 2.57. The van der Waals surface area contributed by atoms with Crippen molar-refractivity contribution in [1.82, 2.24) is 0 Å². The van der Waals surface area contributed by atoms with Gasteiger partial charge in [0.15, 0.2) is 11.5 Å². The molecule has 1 aliphatic rings. The molecule has 4 heteroatoms. The van der Waals surface area contributed by atoms with Crippen molar-refractivity contribution in [3.63, 3.8) is 0 Å². The fraction of sp³-hybridized carbons (Fsp3) is 0.273. The van der Waals surface area contributed by atoms with Crippen LogP contribution in [0.5, 0.6) is 11.5 Å². The molecule has 0 aliphatic carbocycles. The minimum absolute atomic E-state index is 0.551. The highest BCUT2D eigenvalue weighted by Crippen LogP contribution is 2.29. The predicted molar refractivity (Wildman–Crippen MR) is 54.6 cm³/mol. The molecule has 1 aromatic rings. The molecule has 0 saturated carbocycles. The third-order valence-corrected chi connectivity index (χ3v) is 1.70. The molecule has 1 aromatic carbocycles. The van der Waals surface area contributed by atoms with Crippen LogP contribution in [-0.4, -0.2) is 25.8 Å². The van der Waals surface area contributed by atoms with E-state index < -0.39 is 0 Å². The number of hydrogen-bond donors (Lipinski definition) is 0. The SMILES string of the molecule is CC=O.O=Cc1ccc2c(c1)OCCO2. The van der Waals surface area contributed by atoms with E-state index in [4.69, 9.17) is 14.3 Å². The van der Waals surface area contributed by atoms with Gasteiger partial charge in [0.2, 0.25) is 0 Å². The molecule has 0 fully saturated rings. The zero-order valence-corrected chi connectivity index (χ0v) is 8.43. The Morgan fingerprint density at radius 3 is 2.33 bits per heavy atom. The van der Waals surface area contributed by atoms with Crippen LogP contribution in [-0.2, 0) is 4.79 Å². The number of aldehydes is 2. The highest BCUT2D eigenvalue weighted by atomic mass is 16.6. The summed E-state index contributed by atoms with van der Waals surface area (Å²) in [4.78, 5) is 19.2. The van der Waals surface area contributed by atoms with E-state index >= 15 is 0 Å². The molecule has 80 valence electrons. The molecule has 0 radical (unpaired) electrons. The lowest BCUT2D eigenvalue weighted by Gasteiger charge is -2.17. The first-order valence-corrected chi connectivity index (χ1v) is 4.56. The minimum atomic E-state index is 0.551. The summed E-state index contributed by atoms with van der Waals surface area (Å²) in [5.74, 6) is 1.37. The zero-order chi connectivity index (χ0) is 11.1. The van der Waals surface area contributed by atoms with Crippen molar-refractivity contribution in [2.45, 2.75) is 6.92 Å². The van der Waals surface area contributed by atoms with Gasteiger partial charge in [-0.25, -0.2) is 0 Å². The smallest absolute Gasteiger partial charge is 0.162 e. The summed E-state index contributed by atoms with van der Waals surface area (Å²) >= 11 is 0. The van der Waals surface area contributed by atoms with Crippen LogP contribution >= 0.6 is 0 Å². The van der Waals surface area contributed by atoms with Gasteiger partial charge in [-0.05, 0) is 25.1 Å². The van der Waals surface area contributed by atoms with Crippen molar-refractivity contribution in [3.8, 4) is 11.5 Å². The third-order valence-electron chi connectivity index (χ3n) is 1.70. The van der Waals surface area contributed by atoms with E-state index in [-0.39, 0.29) is 0 Å². The lowest BCUT2D eigenvalue weighted by atomic mass is 10.2. The molecule has 0 aromatic heterocycles. The van der Waals surface area contributed by atoms with Crippen LogP contribution in [0.2, 0.25) is 0 Å². The van der Waals surface area contributed by atoms with Crippen LogP contribution in [0.25, 0.3) is 0 Å². The number of benzene rings is 1. The summed E-state index contributed by atoms with van der Waals surface area (Å²) in [6.07, 6.45) is 1.54. The summed E-state index contributed by atoms with van der Waals surface area (Å²) < 4.78 is 10.6. The van der Waals surface area contributed by atoms with E-state index in [9.17, 15) is 4.79 Å². The average Bonchev–Trinajstić information content (AvgIpc) is 2.29. The summed E-state index contributed by atoms with van der Waals surface area (Å²) in [5, 5.41) is 0. The first-order valence-electron chi connectivity index (χ1n) is 4.56. The zero-order valence-electron chi connectivity index (χ0n) is 8.43. The number of rotatable bonds is 1. The molecule has 1 aliphatic heterocycles. The van der Waals surface area contributed by atoms with Crippen molar-refractivity contribution in [2.24, 2.45) is 0 Å². The molecular formula is C11H12O4. The molecule has 0 amide bonds. The fourth-order valence-electron chi connectivity index (χ4n) is 1.13. The number of carbonyl (C=O) groups is 2. The monoisotopic (exact) mass is 208 g/mol. The molecule has 0 N–H and O–H groups in total. The van der Waals surface area contributed by atoms with Gasteiger partial charge < -0.3 is 14.3 Å². The maximum atomic E-state index is 10.4. The standard InChI is InChI=1S/C9H8O3.C2H4O/c10-6-7-1-2-8-9(5-7)12-4-3-11-8;1-2-3/h1-2,5-6H,3-4H2;2H,1H3. The van der Waals surface area contributed by atoms with Crippen LogP contribution in [0.4, 0.5) is 0 Å². The number of ether oxygens (including phenoxy) is 2. The van der Waals surface area contributed by atoms with Gasteiger partial charge >= 0.3 is 0 Å². The maximum absolute atomic E-state index is 10.4. The Bertz CT molecular complexity index is 346. The topological polar surface area (TPSA) is 52.6 Å². The first-order chi connectivity index (χ1) is 7.31. The van der Waals surface area contributed by atoms with Gasteiger partial charge in [-0.15, -0.1) is 0 Å². The van der Waals surface area contributed by atoms with Crippen molar-refractivity contribution >= 4 is 12.6 Å². The Morgan fingerprint density at radius 1 is 1.13 bits per heavy atom. The van der Waals surface area contributed by atoms with Crippen LogP contribution in [0.3, 0.4) is 0 Å². The molecule has 0 bridgehead atoms. The lowest BCUT2D eigenvalue weighted by molar-refractivity contribution is -0.106. The highest BCUT2D eigenvalue weighted by Gasteiger charge is 2.10. The number of hydrogen-bond acceptors (Lipinski definition) is 4.